The lowest BCUT2D eigenvalue weighted by Crippen LogP contribution is -2.18. The zero-order chi connectivity index (χ0) is 14.5. The van der Waals surface area contributed by atoms with Crippen LogP contribution in [0.5, 0.6) is 0 Å². The first-order valence-corrected chi connectivity index (χ1v) is 6.13. The Bertz CT molecular complexity index is 622. The van der Waals surface area contributed by atoms with Crippen LogP contribution in [0.3, 0.4) is 0 Å². The highest BCUT2D eigenvalue weighted by Crippen LogP contribution is 2.11. The van der Waals surface area contributed by atoms with E-state index in [1.165, 1.54) is 17.9 Å². The number of hydrogen-bond acceptors (Lipinski definition) is 4. The molecule has 0 bridgehead atoms. The van der Waals surface area contributed by atoms with Crippen molar-refractivity contribution in [1.29, 1.82) is 0 Å². The molecule has 2 rings (SSSR count). The summed E-state index contributed by atoms with van der Waals surface area (Å²) in [5.41, 5.74) is 1.00. The highest BCUT2D eigenvalue weighted by Gasteiger charge is 2.08. The normalized spacial score (nSPS) is 10.1. The average Bonchev–Trinajstić information content (AvgIpc) is 2.84. The number of halogens is 1. The van der Waals surface area contributed by atoms with Gasteiger partial charge in [0.05, 0.1) is 12.7 Å². The molecular weight excluding hydrogens is 282 g/mol. The third kappa shape index (κ3) is 3.36. The number of rotatable bonds is 4. The first kappa shape index (κ1) is 14.1. The molecule has 0 aliphatic rings. The predicted molar refractivity (Wildman–Crippen MR) is 73.6 cm³/mol. The summed E-state index contributed by atoms with van der Waals surface area (Å²) in [7, 11) is 1.31. The molecule has 104 valence electrons. The minimum Gasteiger partial charge on any atom is -0.465 e. The van der Waals surface area contributed by atoms with Gasteiger partial charge in [-0.05, 0) is 35.9 Å². The molecule has 0 atom stereocenters. The number of nitrogens with zero attached hydrogens (tertiary/aromatic N) is 2. The van der Waals surface area contributed by atoms with Gasteiger partial charge in [0.25, 0.3) is 0 Å². The van der Waals surface area contributed by atoms with E-state index in [0.717, 1.165) is 0 Å². The Morgan fingerprint density at radius 2 is 2.05 bits per heavy atom. The number of benzene rings is 1. The van der Waals surface area contributed by atoms with Gasteiger partial charge in [-0.15, -0.1) is 0 Å². The second kappa shape index (κ2) is 6.21. The van der Waals surface area contributed by atoms with E-state index < -0.39 is 5.97 Å². The van der Waals surface area contributed by atoms with Crippen molar-refractivity contribution in [3.8, 4) is 0 Å². The summed E-state index contributed by atoms with van der Waals surface area (Å²) in [6, 6.07) is 6.40. The molecule has 7 heteroatoms. The lowest BCUT2D eigenvalue weighted by atomic mass is 10.2. The molecule has 1 aromatic heterocycles. The van der Waals surface area contributed by atoms with Gasteiger partial charge in [-0.2, -0.15) is 0 Å². The SMILES string of the molecule is COC(=O)c1ccc(NC(=O)Cn2ccnc2Cl)cc1. The van der Waals surface area contributed by atoms with Gasteiger partial charge in [-0.25, -0.2) is 9.78 Å². The van der Waals surface area contributed by atoms with Gasteiger partial charge in [0.15, 0.2) is 0 Å². The molecule has 0 radical (unpaired) electrons. The monoisotopic (exact) mass is 293 g/mol. The molecule has 20 heavy (non-hydrogen) atoms. The Balaban J connectivity index is 1.98. The van der Waals surface area contributed by atoms with Crippen LogP contribution in [0.4, 0.5) is 5.69 Å². The van der Waals surface area contributed by atoms with Gasteiger partial charge in [-0.1, -0.05) is 0 Å². The average molecular weight is 294 g/mol. The van der Waals surface area contributed by atoms with Crippen molar-refractivity contribution < 1.29 is 14.3 Å². The lowest BCUT2D eigenvalue weighted by molar-refractivity contribution is -0.116. The van der Waals surface area contributed by atoms with Crippen molar-refractivity contribution in [3.05, 3.63) is 47.5 Å². The van der Waals surface area contributed by atoms with E-state index in [1.807, 2.05) is 0 Å². The maximum atomic E-state index is 11.8. The summed E-state index contributed by atoms with van der Waals surface area (Å²) >= 11 is 5.78. The van der Waals surface area contributed by atoms with Crippen molar-refractivity contribution >= 4 is 29.2 Å². The van der Waals surface area contributed by atoms with Crippen LogP contribution in [0.15, 0.2) is 36.7 Å². The molecule has 1 amide bonds. The maximum Gasteiger partial charge on any atom is 0.337 e. The second-order valence-electron chi connectivity index (χ2n) is 3.94. The van der Waals surface area contributed by atoms with Crippen LogP contribution in [0.1, 0.15) is 10.4 Å². The third-order valence-corrected chi connectivity index (χ3v) is 2.88. The van der Waals surface area contributed by atoms with Gasteiger partial charge < -0.3 is 14.6 Å². The van der Waals surface area contributed by atoms with Crippen molar-refractivity contribution in [2.24, 2.45) is 0 Å². The van der Waals surface area contributed by atoms with E-state index in [0.29, 0.717) is 11.3 Å². The number of hydrogen-bond donors (Lipinski definition) is 1. The Morgan fingerprint density at radius 3 is 2.60 bits per heavy atom. The van der Waals surface area contributed by atoms with E-state index in [9.17, 15) is 9.59 Å². The molecular formula is C13H12ClN3O3. The van der Waals surface area contributed by atoms with E-state index in [2.05, 4.69) is 15.0 Å². The standard InChI is InChI=1S/C13H12ClN3O3/c1-20-12(19)9-2-4-10(5-3-9)16-11(18)8-17-7-6-15-13(17)14/h2-7H,8H2,1H3,(H,16,18). The quantitative estimate of drug-likeness (QED) is 0.875. The topological polar surface area (TPSA) is 73.2 Å². The highest BCUT2D eigenvalue weighted by molar-refractivity contribution is 6.28. The second-order valence-corrected chi connectivity index (χ2v) is 4.28. The van der Waals surface area contributed by atoms with Crippen molar-refractivity contribution in [2.75, 3.05) is 12.4 Å². The maximum absolute atomic E-state index is 11.8. The molecule has 0 fully saturated rings. The predicted octanol–water partition coefficient (Wildman–Crippen LogP) is 1.96. The Hall–Kier alpha value is -2.34. The van der Waals surface area contributed by atoms with E-state index in [4.69, 9.17) is 11.6 Å². The van der Waals surface area contributed by atoms with Gasteiger partial charge in [0.1, 0.15) is 6.54 Å². The fourth-order valence-electron chi connectivity index (χ4n) is 1.59. The molecule has 1 heterocycles. The summed E-state index contributed by atoms with van der Waals surface area (Å²) in [6.07, 6.45) is 3.13. The Morgan fingerprint density at radius 1 is 1.35 bits per heavy atom. The van der Waals surface area contributed by atoms with E-state index >= 15 is 0 Å². The van der Waals surface area contributed by atoms with Crippen LogP contribution in [0.2, 0.25) is 5.28 Å². The number of aromatic nitrogens is 2. The summed E-state index contributed by atoms with van der Waals surface area (Å²) in [5.74, 6) is -0.663. The molecule has 0 aliphatic heterocycles. The molecule has 0 spiro atoms. The molecule has 0 aliphatic carbocycles. The van der Waals surface area contributed by atoms with Crippen molar-refractivity contribution in [3.63, 3.8) is 0 Å². The zero-order valence-corrected chi connectivity index (χ0v) is 11.4. The third-order valence-electron chi connectivity index (χ3n) is 2.57. The van der Waals surface area contributed by atoms with Gasteiger partial charge in [-0.3, -0.25) is 4.79 Å². The van der Waals surface area contributed by atoms with Crippen LogP contribution in [0, 0.1) is 0 Å². The van der Waals surface area contributed by atoms with Crippen LogP contribution < -0.4 is 5.32 Å². The number of imidazole rings is 1. The Kier molecular flexibility index (Phi) is 4.37. The lowest BCUT2D eigenvalue weighted by Gasteiger charge is -2.07. The van der Waals surface area contributed by atoms with Crippen LogP contribution in [-0.2, 0) is 16.1 Å². The molecule has 1 N–H and O–H groups in total. The van der Waals surface area contributed by atoms with Crippen LogP contribution in [-0.4, -0.2) is 28.5 Å². The molecule has 2 aromatic rings. The van der Waals surface area contributed by atoms with E-state index in [-0.39, 0.29) is 17.7 Å². The number of methoxy groups -OCH3 is 1. The van der Waals surface area contributed by atoms with E-state index in [1.54, 1.807) is 30.5 Å². The number of carbonyl (C=O) groups is 2. The summed E-state index contributed by atoms with van der Waals surface area (Å²) in [4.78, 5) is 26.9. The fourth-order valence-corrected chi connectivity index (χ4v) is 1.76. The van der Waals surface area contributed by atoms with Gasteiger partial charge >= 0.3 is 5.97 Å². The number of carbonyl (C=O) groups excluding carboxylic acids is 2. The Labute approximate surface area is 120 Å². The van der Waals surface area contributed by atoms with Crippen molar-refractivity contribution in [1.82, 2.24) is 9.55 Å². The minimum atomic E-state index is -0.423. The molecule has 1 aromatic carbocycles. The zero-order valence-electron chi connectivity index (χ0n) is 10.7. The van der Waals surface area contributed by atoms with Crippen LogP contribution >= 0.6 is 11.6 Å². The highest BCUT2D eigenvalue weighted by atomic mass is 35.5. The number of anilines is 1. The van der Waals surface area contributed by atoms with Crippen LogP contribution in [0.25, 0.3) is 0 Å². The number of amides is 1. The first-order valence-electron chi connectivity index (χ1n) is 5.75. The fraction of sp³-hybridized carbons (Fsp3) is 0.154. The number of esters is 1. The largest absolute Gasteiger partial charge is 0.465 e. The minimum absolute atomic E-state index is 0.0671. The van der Waals surface area contributed by atoms with Crippen molar-refractivity contribution in [2.45, 2.75) is 6.54 Å². The summed E-state index contributed by atoms with van der Waals surface area (Å²) in [6.45, 7) is 0.0671. The number of nitrogens with one attached hydrogen (secondary N) is 1. The molecule has 0 unspecified atom stereocenters. The molecule has 0 saturated heterocycles. The first-order chi connectivity index (χ1) is 9.60. The molecule has 0 saturated carbocycles. The smallest absolute Gasteiger partial charge is 0.337 e. The van der Waals surface area contributed by atoms with Gasteiger partial charge in [0, 0.05) is 18.1 Å². The number of ether oxygens (including phenoxy) is 1. The summed E-state index contributed by atoms with van der Waals surface area (Å²) in [5, 5.41) is 2.94. The molecule has 6 nitrogen and oxygen atoms in total. The van der Waals surface area contributed by atoms with Gasteiger partial charge in [0.2, 0.25) is 11.2 Å². The summed E-state index contributed by atoms with van der Waals surface area (Å²) < 4.78 is 6.10.